The molecule has 3 aromatic rings. The molecule has 1 heteroatoms. The number of benzene rings is 2. The zero-order valence-electron chi connectivity index (χ0n) is 19.4. The average Bonchev–Trinajstić information content (AvgIpc) is 2.56. The van der Waals surface area contributed by atoms with Crippen LogP contribution >= 0.6 is 0 Å². The van der Waals surface area contributed by atoms with Crippen LogP contribution in [0.1, 0.15) is 69.5 Å². The molecule has 0 fully saturated rings. The van der Waals surface area contributed by atoms with Crippen molar-refractivity contribution >= 4 is 10.8 Å². The molecule has 0 aliphatic heterocycles. The molecule has 0 aliphatic carbocycles. The van der Waals surface area contributed by atoms with Crippen LogP contribution in [0.5, 0.6) is 0 Å². The van der Waals surface area contributed by atoms with Crippen molar-refractivity contribution in [3.05, 3.63) is 64.3 Å². The van der Waals surface area contributed by atoms with Crippen molar-refractivity contribution < 1.29 is 4.57 Å². The minimum absolute atomic E-state index is 0.130. The third kappa shape index (κ3) is 3.60. The standard InChI is InChI=1S/C27H36N/c1-17-13-22(27(7,8)9)16-24(19(17)3)25-23-12-11-21(26(4,5)6)15-20(23)14-18(2)28(25)10/h11-16H,1-10H3/q+1. The Morgan fingerprint density at radius 3 is 1.89 bits per heavy atom. The van der Waals surface area contributed by atoms with Crippen LogP contribution in [0, 0.1) is 20.8 Å². The number of hydrogen-bond acceptors (Lipinski definition) is 0. The summed E-state index contributed by atoms with van der Waals surface area (Å²) in [4.78, 5) is 0. The van der Waals surface area contributed by atoms with Crippen LogP contribution in [-0.2, 0) is 17.9 Å². The first-order valence-electron chi connectivity index (χ1n) is 10.4. The first-order valence-corrected chi connectivity index (χ1v) is 10.4. The number of hydrogen-bond donors (Lipinski definition) is 0. The summed E-state index contributed by atoms with van der Waals surface area (Å²) in [7, 11) is 2.19. The van der Waals surface area contributed by atoms with E-state index in [4.69, 9.17) is 0 Å². The summed E-state index contributed by atoms with van der Waals surface area (Å²) in [5.41, 5.74) is 9.75. The van der Waals surface area contributed by atoms with E-state index in [2.05, 4.69) is 110 Å². The highest BCUT2D eigenvalue weighted by Gasteiger charge is 2.24. The summed E-state index contributed by atoms with van der Waals surface area (Å²) in [5, 5.41) is 2.66. The normalized spacial score (nSPS) is 12.6. The van der Waals surface area contributed by atoms with Gasteiger partial charge in [0.05, 0.1) is 10.9 Å². The molecule has 0 spiro atoms. The summed E-state index contributed by atoms with van der Waals surface area (Å²) in [5.74, 6) is 0. The van der Waals surface area contributed by atoms with Crippen LogP contribution in [0.4, 0.5) is 0 Å². The van der Waals surface area contributed by atoms with E-state index < -0.39 is 0 Å². The van der Waals surface area contributed by atoms with Gasteiger partial charge < -0.3 is 0 Å². The van der Waals surface area contributed by atoms with Crippen LogP contribution in [0.3, 0.4) is 0 Å². The van der Waals surface area contributed by atoms with Crippen molar-refractivity contribution in [1.29, 1.82) is 0 Å². The highest BCUT2D eigenvalue weighted by atomic mass is 14.9. The highest BCUT2D eigenvalue weighted by Crippen LogP contribution is 2.35. The van der Waals surface area contributed by atoms with Gasteiger partial charge in [-0.2, -0.15) is 4.57 Å². The molecule has 0 bridgehead atoms. The van der Waals surface area contributed by atoms with Crippen LogP contribution in [-0.4, -0.2) is 0 Å². The quantitative estimate of drug-likeness (QED) is 0.410. The van der Waals surface area contributed by atoms with Gasteiger partial charge in [0.2, 0.25) is 5.69 Å². The molecule has 1 heterocycles. The smallest absolute Gasteiger partial charge is 0.198 e. The van der Waals surface area contributed by atoms with Gasteiger partial charge in [-0.15, -0.1) is 0 Å². The second kappa shape index (κ2) is 6.72. The predicted octanol–water partition coefficient (Wildman–Crippen LogP) is 6.85. The number of fused-ring (bicyclic) bond motifs is 1. The van der Waals surface area contributed by atoms with E-state index >= 15 is 0 Å². The second-order valence-corrected chi connectivity index (χ2v) is 10.5. The monoisotopic (exact) mass is 374 g/mol. The Balaban J connectivity index is 2.41. The van der Waals surface area contributed by atoms with Crippen LogP contribution in [0.25, 0.3) is 22.0 Å². The Kier molecular flexibility index (Phi) is 4.94. The fraction of sp³-hybridized carbons (Fsp3) is 0.444. The van der Waals surface area contributed by atoms with Gasteiger partial charge in [0.25, 0.3) is 0 Å². The molecular weight excluding hydrogens is 338 g/mol. The topological polar surface area (TPSA) is 3.88 Å². The molecular formula is C27H36N+. The van der Waals surface area contributed by atoms with Gasteiger partial charge in [-0.05, 0) is 64.5 Å². The van der Waals surface area contributed by atoms with E-state index in [0.717, 1.165) is 0 Å². The third-order valence-electron chi connectivity index (χ3n) is 6.19. The first kappa shape index (κ1) is 20.6. The highest BCUT2D eigenvalue weighted by molar-refractivity contribution is 5.94. The van der Waals surface area contributed by atoms with Crippen molar-refractivity contribution in [3.8, 4) is 11.3 Å². The van der Waals surface area contributed by atoms with E-state index in [1.165, 1.54) is 50.0 Å². The molecule has 0 aliphatic rings. The molecule has 0 unspecified atom stereocenters. The average molecular weight is 375 g/mol. The Hall–Kier alpha value is -2.15. The minimum Gasteiger partial charge on any atom is -0.198 e. The lowest BCUT2D eigenvalue weighted by Crippen LogP contribution is -2.35. The van der Waals surface area contributed by atoms with Gasteiger partial charge in [0, 0.05) is 13.0 Å². The van der Waals surface area contributed by atoms with Crippen molar-refractivity contribution in [2.24, 2.45) is 7.05 Å². The van der Waals surface area contributed by atoms with E-state index in [1.54, 1.807) is 0 Å². The lowest BCUT2D eigenvalue weighted by Gasteiger charge is -2.23. The van der Waals surface area contributed by atoms with Gasteiger partial charge in [-0.3, -0.25) is 0 Å². The molecule has 0 radical (unpaired) electrons. The summed E-state index contributed by atoms with van der Waals surface area (Å²) < 4.78 is 2.35. The fourth-order valence-corrected chi connectivity index (χ4v) is 3.91. The zero-order chi connectivity index (χ0) is 21.0. The molecule has 0 N–H and O–H groups in total. The Labute approximate surface area is 171 Å². The SMILES string of the molecule is Cc1cc(C(C)(C)C)cc(-c2c3ccc(C(C)(C)C)cc3cc(C)[n+]2C)c1C. The number of aryl methyl sites for hydroxylation is 2. The summed E-state index contributed by atoms with van der Waals surface area (Å²) in [6, 6.07) is 14.1. The molecule has 3 rings (SSSR count). The van der Waals surface area contributed by atoms with Crippen molar-refractivity contribution in [3.63, 3.8) is 0 Å². The number of rotatable bonds is 1. The first-order chi connectivity index (χ1) is 12.8. The van der Waals surface area contributed by atoms with E-state index in [1.807, 2.05) is 0 Å². The fourth-order valence-electron chi connectivity index (χ4n) is 3.91. The molecule has 1 aromatic heterocycles. The molecule has 148 valence electrons. The second-order valence-electron chi connectivity index (χ2n) is 10.5. The van der Waals surface area contributed by atoms with Crippen LogP contribution < -0.4 is 4.57 Å². The van der Waals surface area contributed by atoms with E-state index in [-0.39, 0.29) is 10.8 Å². The summed E-state index contributed by atoms with van der Waals surface area (Å²) >= 11 is 0. The lowest BCUT2D eigenvalue weighted by atomic mass is 9.82. The maximum absolute atomic E-state index is 2.41. The largest absolute Gasteiger partial charge is 0.220 e. The predicted molar refractivity (Wildman–Crippen MR) is 122 cm³/mol. The molecule has 28 heavy (non-hydrogen) atoms. The maximum atomic E-state index is 2.41. The third-order valence-corrected chi connectivity index (χ3v) is 6.19. The van der Waals surface area contributed by atoms with Crippen molar-refractivity contribution in [2.75, 3.05) is 0 Å². The van der Waals surface area contributed by atoms with Gasteiger partial charge >= 0.3 is 0 Å². The van der Waals surface area contributed by atoms with E-state index in [9.17, 15) is 0 Å². The Morgan fingerprint density at radius 2 is 1.32 bits per heavy atom. The van der Waals surface area contributed by atoms with Gasteiger partial charge in [0.15, 0.2) is 5.69 Å². The van der Waals surface area contributed by atoms with Crippen LogP contribution in [0.15, 0.2) is 36.4 Å². The molecule has 0 saturated carbocycles. The molecule has 2 aromatic carbocycles. The van der Waals surface area contributed by atoms with Gasteiger partial charge in [-0.25, -0.2) is 0 Å². The van der Waals surface area contributed by atoms with Crippen molar-refractivity contribution in [1.82, 2.24) is 0 Å². The Morgan fingerprint density at radius 1 is 0.714 bits per heavy atom. The van der Waals surface area contributed by atoms with Crippen LogP contribution in [0.2, 0.25) is 0 Å². The van der Waals surface area contributed by atoms with E-state index in [0.29, 0.717) is 0 Å². The molecule has 0 saturated heterocycles. The van der Waals surface area contributed by atoms with Gasteiger partial charge in [-0.1, -0.05) is 59.7 Å². The van der Waals surface area contributed by atoms with Gasteiger partial charge in [0.1, 0.15) is 7.05 Å². The lowest BCUT2D eigenvalue weighted by molar-refractivity contribution is -0.665. The molecule has 1 nitrogen and oxygen atoms in total. The molecule has 0 amide bonds. The maximum Gasteiger partial charge on any atom is 0.220 e. The number of nitrogens with zero attached hydrogens (tertiary/aromatic N) is 1. The number of pyridine rings is 1. The summed E-state index contributed by atoms with van der Waals surface area (Å²) in [6.45, 7) is 20.4. The minimum atomic E-state index is 0.130. The summed E-state index contributed by atoms with van der Waals surface area (Å²) in [6.07, 6.45) is 0. The zero-order valence-corrected chi connectivity index (χ0v) is 19.4. The Bertz CT molecular complexity index is 1060. The number of aromatic nitrogens is 1. The molecule has 0 atom stereocenters. The van der Waals surface area contributed by atoms with Crippen molar-refractivity contribution in [2.45, 2.75) is 73.1 Å².